The van der Waals surface area contributed by atoms with Crippen LogP contribution in [0.1, 0.15) is 18.2 Å². The second-order valence-corrected chi connectivity index (χ2v) is 5.19. The summed E-state index contributed by atoms with van der Waals surface area (Å²) in [6.45, 7) is 3.24. The van der Waals surface area contributed by atoms with Gasteiger partial charge in [0, 0.05) is 17.1 Å². The number of aliphatic hydroxyl groups excluding tert-OH is 2. The van der Waals surface area contributed by atoms with Gasteiger partial charge in [0.25, 0.3) is 5.56 Å². The highest BCUT2D eigenvalue weighted by atomic mass is 79.9. The largest absolute Gasteiger partial charge is 0.394 e. The minimum Gasteiger partial charge on any atom is -0.394 e. The van der Waals surface area contributed by atoms with Crippen molar-refractivity contribution in [1.29, 1.82) is 0 Å². The lowest BCUT2D eigenvalue weighted by Gasteiger charge is -2.15. The third kappa shape index (κ3) is 2.71. The Kier molecular flexibility index (Phi) is 4.04. The topological polar surface area (TPSA) is 105 Å². The van der Waals surface area contributed by atoms with Crippen LogP contribution in [0.2, 0.25) is 0 Å². The van der Waals surface area contributed by atoms with E-state index in [1.807, 2.05) is 0 Å². The van der Waals surface area contributed by atoms with E-state index in [-0.39, 0.29) is 18.6 Å². The van der Waals surface area contributed by atoms with Crippen molar-refractivity contribution in [3.05, 3.63) is 39.2 Å². The van der Waals surface area contributed by atoms with Crippen LogP contribution in [0.15, 0.2) is 22.4 Å². The maximum absolute atomic E-state index is 11.7. The van der Waals surface area contributed by atoms with Crippen molar-refractivity contribution in [3.63, 3.8) is 0 Å². The zero-order valence-corrected chi connectivity index (χ0v) is 11.5. The van der Waals surface area contributed by atoms with Crippen LogP contribution in [-0.4, -0.2) is 38.6 Å². The molecular formula is C11H13BrN2O5. The van der Waals surface area contributed by atoms with Crippen LogP contribution in [0.5, 0.6) is 0 Å². The third-order valence-corrected chi connectivity index (χ3v) is 3.38. The smallest absolute Gasteiger partial charge is 0.330 e. The van der Waals surface area contributed by atoms with Crippen molar-refractivity contribution in [2.45, 2.75) is 24.9 Å². The Labute approximate surface area is 116 Å². The summed E-state index contributed by atoms with van der Waals surface area (Å²) >= 11 is 3.08. The summed E-state index contributed by atoms with van der Waals surface area (Å²) < 4.78 is 6.86. The molecule has 19 heavy (non-hydrogen) atoms. The van der Waals surface area contributed by atoms with Gasteiger partial charge in [0.2, 0.25) is 0 Å². The maximum Gasteiger partial charge on any atom is 0.330 e. The molecule has 104 valence electrons. The summed E-state index contributed by atoms with van der Waals surface area (Å²) in [5.74, 6) is 0. The normalized spacial score (nSPS) is 26.6. The van der Waals surface area contributed by atoms with Crippen molar-refractivity contribution in [2.24, 2.45) is 0 Å². The van der Waals surface area contributed by atoms with E-state index < -0.39 is 29.7 Å². The number of halogens is 1. The molecule has 1 aliphatic heterocycles. The van der Waals surface area contributed by atoms with Crippen molar-refractivity contribution in [3.8, 4) is 0 Å². The van der Waals surface area contributed by atoms with Crippen LogP contribution < -0.4 is 11.2 Å². The highest BCUT2D eigenvalue weighted by Crippen LogP contribution is 2.27. The minimum absolute atomic E-state index is 0.158. The van der Waals surface area contributed by atoms with Gasteiger partial charge < -0.3 is 14.9 Å². The molecule has 0 aliphatic carbocycles. The fourth-order valence-electron chi connectivity index (χ4n) is 1.94. The molecule has 2 rings (SSSR count). The molecule has 0 unspecified atom stereocenters. The number of aromatic nitrogens is 2. The molecule has 3 N–H and O–H groups in total. The molecule has 3 atom stereocenters. The molecular weight excluding hydrogens is 320 g/mol. The quantitative estimate of drug-likeness (QED) is 0.695. The molecule has 0 bridgehead atoms. The Morgan fingerprint density at radius 2 is 2.32 bits per heavy atom. The van der Waals surface area contributed by atoms with Crippen molar-refractivity contribution in [2.75, 3.05) is 6.61 Å². The molecule has 1 aromatic rings. The van der Waals surface area contributed by atoms with Crippen molar-refractivity contribution >= 4 is 20.4 Å². The zero-order valence-electron chi connectivity index (χ0n) is 9.88. The fourth-order valence-corrected chi connectivity index (χ4v) is 2.23. The number of ether oxygens (including phenoxy) is 1. The average Bonchev–Trinajstić information content (AvgIpc) is 2.69. The fraction of sp³-hybridized carbons (Fsp3) is 0.455. The zero-order chi connectivity index (χ0) is 14.2. The van der Waals surface area contributed by atoms with Gasteiger partial charge in [-0.15, -0.1) is 0 Å². The standard InChI is InChI=1S/C11H13BrN2O5/c1-5(12)6-3-14(11(18)13-10(6)17)9-2-7(16)8(4-15)19-9/h3,7-9,15-16H,1-2,4H2,(H,13,17,18)/t7-,8+,9+/m1/s1. The van der Waals surface area contributed by atoms with E-state index in [0.717, 1.165) is 0 Å². The molecule has 0 saturated carbocycles. The Morgan fingerprint density at radius 1 is 1.63 bits per heavy atom. The first-order valence-corrected chi connectivity index (χ1v) is 6.38. The first-order valence-electron chi connectivity index (χ1n) is 5.58. The maximum atomic E-state index is 11.7. The molecule has 0 amide bonds. The van der Waals surface area contributed by atoms with Crippen molar-refractivity contribution in [1.82, 2.24) is 9.55 Å². The predicted molar refractivity (Wildman–Crippen MR) is 70.9 cm³/mol. The Bertz CT molecular complexity index is 608. The lowest BCUT2D eigenvalue weighted by molar-refractivity contribution is -0.0459. The molecule has 2 heterocycles. The van der Waals surface area contributed by atoms with Crippen LogP contribution in [0.3, 0.4) is 0 Å². The van der Waals surface area contributed by atoms with Gasteiger partial charge >= 0.3 is 5.69 Å². The Balaban J connectivity index is 2.41. The summed E-state index contributed by atoms with van der Waals surface area (Å²) in [4.78, 5) is 25.4. The summed E-state index contributed by atoms with van der Waals surface area (Å²) in [5, 5.41) is 18.7. The lowest BCUT2D eigenvalue weighted by Crippen LogP contribution is -2.33. The van der Waals surface area contributed by atoms with Gasteiger partial charge in [-0.25, -0.2) is 4.79 Å². The van der Waals surface area contributed by atoms with Crippen LogP contribution >= 0.6 is 15.9 Å². The number of H-pyrrole nitrogens is 1. The first kappa shape index (κ1) is 14.2. The molecule has 7 nitrogen and oxygen atoms in total. The SMILES string of the molecule is C=C(Br)c1cn([C@@H]2C[C@@H](O)[C@H](CO)O2)c(=O)[nH]c1=O. The van der Waals surface area contributed by atoms with Gasteiger partial charge in [0.1, 0.15) is 12.3 Å². The number of aliphatic hydroxyl groups is 2. The minimum atomic E-state index is -0.857. The van der Waals surface area contributed by atoms with Crippen LogP contribution in [0, 0.1) is 0 Å². The summed E-state index contributed by atoms with van der Waals surface area (Å²) in [5.41, 5.74) is -0.996. The number of hydrogen-bond donors (Lipinski definition) is 3. The highest BCUT2D eigenvalue weighted by molar-refractivity contribution is 9.15. The summed E-state index contributed by atoms with van der Waals surface area (Å²) in [6.07, 6.45) is -0.855. The summed E-state index contributed by atoms with van der Waals surface area (Å²) in [6, 6.07) is 0. The molecule has 1 fully saturated rings. The van der Waals surface area contributed by atoms with E-state index in [1.165, 1.54) is 10.8 Å². The number of aromatic amines is 1. The number of hydrogen-bond acceptors (Lipinski definition) is 5. The number of rotatable bonds is 3. The van der Waals surface area contributed by atoms with E-state index >= 15 is 0 Å². The average molecular weight is 333 g/mol. The van der Waals surface area contributed by atoms with Crippen LogP contribution in [0.4, 0.5) is 0 Å². The molecule has 0 spiro atoms. The van der Waals surface area contributed by atoms with Gasteiger partial charge in [-0.05, 0) is 0 Å². The van der Waals surface area contributed by atoms with E-state index in [9.17, 15) is 14.7 Å². The predicted octanol–water partition coefficient (Wildman–Crippen LogP) is -0.457. The van der Waals surface area contributed by atoms with E-state index in [1.54, 1.807) is 0 Å². The van der Waals surface area contributed by atoms with Gasteiger partial charge in [-0.2, -0.15) is 0 Å². The lowest BCUT2D eigenvalue weighted by atomic mass is 10.2. The monoisotopic (exact) mass is 332 g/mol. The summed E-state index contributed by atoms with van der Waals surface area (Å²) in [7, 11) is 0. The number of nitrogens with one attached hydrogen (secondary N) is 1. The third-order valence-electron chi connectivity index (χ3n) is 2.95. The van der Waals surface area contributed by atoms with E-state index in [2.05, 4.69) is 27.5 Å². The Morgan fingerprint density at radius 3 is 2.84 bits per heavy atom. The second-order valence-electron chi connectivity index (χ2n) is 4.23. The molecule has 1 aromatic heterocycles. The van der Waals surface area contributed by atoms with Crippen LogP contribution in [-0.2, 0) is 4.74 Å². The van der Waals surface area contributed by atoms with Gasteiger partial charge in [-0.3, -0.25) is 14.3 Å². The van der Waals surface area contributed by atoms with Gasteiger partial charge in [-0.1, -0.05) is 22.5 Å². The highest BCUT2D eigenvalue weighted by Gasteiger charge is 2.35. The first-order chi connectivity index (χ1) is 8.93. The second kappa shape index (κ2) is 5.41. The molecule has 0 radical (unpaired) electrons. The van der Waals surface area contributed by atoms with E-state index in [0.29, 0.717) is 4.48 Å². The van der Waals surface area contributed by atoms with Gasteiger partial charge in [0.15, 0.2) is 0 Å². The molecule has 1 aliphatic rings. The van der Waals surface area contributed by atoms with Gasteiger partial charge in [0.05, 0.1) is 18.3 Å². The van der Waals surface area contributed by atoms with Crippen molar-refractivity contribution < 1.29 is 14.9 Å². The number of nitrogens with zero attached hydrogens (tertiary/aromatic N) is 1. The molecule has 1 saturated heterocycles. The van der Waals surface area contributed by atoms with Crippen LogP contribution in [0.25, 0.3) is 4.48 Å². The molecule has 0 aromatic carbocycles. The molecule has 8 heteroatoms. The Hall–Kier alpha value is -1.22. The van der Waals surface area contributed by atoms with E-state index in [4.69, 9.17) is 9.84 Å².